The Balaban J connectivity index is 0.849. The first-order valence-corrected chi connectivity index (χ1v) is 30.8. The quantitative estimate of drug-likeness (QED) is 0.0454. The number of rotatable bonds is 14. The molecular weight excluding hydrogens is 1140 g/mol. The van der Waals surface area contributed by atoms with Gasteiger partial charge in [-0.25, -0.2) is 0 Å². The maximum absolute atomic E-state index is 15.1. The van der Waals surface area contributed by atoms with E-state index in [2.05, 4.69) is 40.7 Å². The number of carbonyl (C=O) groups excluding carboxylic acids is 1. The fourth-order valence-corrected chi connectivity index (χ4v) is 17.6. The molecular formula is C59H96O27. The highest BCUT2D eigenvalue weighted by atomic mass is 16.8. The first-order chi connectivity index (χ1) is 40.4. The summed E-state index contributed by atoms with van der Waals surface area (Å²) < 4.78 is 59.5. The van der Waals surface area contributed by atoms with Gasteiger partial charge in [-0.15, -0.1) is 0 Å². The van der Waals surface area contributed by atoms with Crippen molar-refractivity contribution in [3.63, 3.8) is 0 Å². The first kappa shape index (κ1) is 67.1. The van der Waals surface area contributed by atoms with Crippen LogP contribution in [-0.2, 0) is 52.2 Å². The van der Waals surface area contributed by atoms with Gasteiger partial charge in [-0.3, -0.25) is 4.79 Å². The molecule has 0 aromatic carbocycles. The molecule has 0 aromatic heterocycles. The Hall–Kier alpha value is -1.79. The van der Waals surface area contributed by atoms with E-state index in [-0.39, 0.29) is 47.2 Å². The molecule has 494 valence electrons. The summed E-state index contributed by atoms with van der Waals surface area (Å²) in [6.45, 7) is 12.1. The topological polar surface area (TPSA) is 433 Å². The van der Waals surface area contributed by atoms with E-state index in [4.69, 9.17) is 47.4 Å². The average molecular weight is 1240 g/mol. The smallest absolute Gasteiger partial charge is 0.315 e. The van der Waals surface area contributed by atoms with Gasteiger partial charge in [0.05, 0.1) is 50.7 Å². The molecule has 10 rings (SSSR count). The van der Waals surface area contributed by atoms with E-state index in [0.717, 1.165) is 6.42 Å². The summed E-state index contributed by atoms with van der Waals surface area (Å²) in [7, 11) is 0. The minimum Gasteiger partial charge on any atom is -0.432 e. The molecule has 0 aromatic rings. The number of aliphatic hydroxyl groups excluding tert-OH is 16. The van der Waals surface area contributed by atoms with Crippen LogP contribution in [0.3, 0.4) is 0 Å². The SMILES string of the molecule is CC1OC(OC2C(OC3CC[C@@]4(C)C(CC[C@]5(C)C4CC=C4C6CC(C)(C)CC[C@]6(C(=O)OC6OC(COC7OC(CO)C(O)C(O)C7O)C(O)C(O)C6O)CC[C@]45C)[C@]3(C)CO)OCC(O)C2O)C(O)C(OC2OC(CO)C(O)C(O)C2O)C1O. The summed E-state index contributed by atoms with van der Waals surface area (Å²) in [4.78, 5) is 15.1. The minimum atomic E-state index is -1.87. The standard InChI is InChI=1S/C59H96O27/c1-24-34(64)46(84-49-43(73)40(70)37(67)29(20-61)81-49)45(75)51(79-24)85-47-35(65)27(63)21-77-52(47)83-33-11-12-55(4)31(56(33,5)23-62)10-13-58(7)32(55)9-8-25-26-18-54(2,3)14-16-59(26,17-15-57(25,58)6)53(76)86-50-44(74)41(71)38(68)30(82-50)22-78-48-42(72)39(69)36(66)28(19-60)80-48/h8,24,26-52,60-75H,9-23H2,1-7H3/t24?,26?,27?,28?,29?,30?,31?,32?,33?,34?,35?,36?,37?,38?,39?,40?,41?,42?,43?,44?,45?,46?,47?,48?,49?,50?,51?,52?,55-,56-,57+,58+,59-/m0/s1. The second-order valence-electron chi connectivity index (χ2n) is 28.5. The molecule has 0 spiro atoms. The normalized spacial score (nSPS) is 54.8. The molecule has 5 aliphatic carbocycles. The van der Waals surface area contributed by atoms with Crippen molar-refractivity contribution in [2.75, 3.05) is 33.0 Å². The summed E-state index contributed by atoms with van der Waals surface area (Å²) in [6, 6.07) is 0. The van der Waals surface area contributed by atoms with Crippen molar-refractivity contribution in [2.24, 2.45) is 50.2 Å². The van der Waals surface area contributed by atoms with Crippen molar-refractivity contribution < 1.29 is 134 Å². The lowest BCUT2D eigenvalue weighted by atomic mass is 9.33. The van der Waals surface area contributed by atoms with Crippen LogP contribution in [0.4, 0.5) is 0 Å². The zero-order valence-electron chi connectivity index (χ0n) is 50.0. The monoisotopic (exact) mass is 1240 g/mol. The Kier molecular flexibility index (Phi) is 19.4. The Morgan fingerprint density at radius 2 is 1.13 bits per heavy atom. The van der Waals surface area contributed by atoms with Crippen molar-refractivity contribution in [1.82, 2.24) is 0 Å². The van der Waals surface area contributed by atoms with Gasteiger partial charge in [-0.05, 0) is 111 Å². The number of allylic oxidation sites excluding steroid dienone is 2. The van der Waals surface area contributed by atoms with E-state index in [9.17, 15) is 81.7 Å². The largest absolute Gasteiger partial charge is 0.432 e. The van der Waals surface area contributed by atoms with Gasteiger partial charge in [0.15, 0.2) is 25.2 Å². The lowest BCUT2D eigenvalue weighted by molar-refractivity contribution is -0.383. The fraction of sp³-hybridized carbons (Fsp3) is 0.949. The van der Waals surface area contributed by atoms with Crippen molar-refractivity contribution in [3.05, 3.63) is 11.6 Å². The summed E-state index contributed by atoms with van der Waals surface area (Å²) in [6.07, 6.45) is -31.4. The molecule has 28 unspecified atom stereocenters. The third-order valence-electron chi connectivity index (χ3n) is 23.2. The average Bonchev–Trinajstić information content (AvgIpc) is 0.689. The number of esters is 1. The third kappa shape index (κ3) is 11.2. The zero-order valence-corrected chi connectivity index (χ0v) is 50.0. The van der Waals surface area contributed by atoms with Crippen LogP contribution in [0.5, 0.6) is 0 Å². The van der Waals surface area contributed by atoms with E-state index < -0.39 is 196 Å². The van der Waals surface area contributed by atoms with Gasteiger partial charge in [0, 0.05) is 5.41 Å². The highest BCUT2D eigenvalue weighted by Gasteiger charge is 2.71. The van der Waals surface area contributed by atoms with Crippen LogP contribution in [0.25, 0.3) is 0 Å². The van der Waals surface area contributed by atoms with Crippen LogP contribution in [0.2, 0.25) is 0 Å². The Bertz CT molecular complexity index is 2380. The Morgan fingerprint density at radius 3 is 1.77 bits per heavy atom. The van der Waals surface area contributed by atoms with E-state index in [1.807, 2.05) is 6.92 Å². The van der Waals surface area contributed by atoms with Crippen LogP contribution in [0, 0.1) is 50.2 Å². The molecule has 27 heteroatoms. The number of fused-ring (bicyclic) bond motifs is 7. The van der Waals surface area contributed by atoms with Crippen LogP contribution in [0.15, 0.2) is 11.6 Å². The fourth-order valence-electron chi connectivity index (χ4n) is 17.6. The lowest BCUT2D eigenvalue weighted by Crippen LogP contribution is -2.67. The number of aliphatic hydroxyl groups is 16. The number of hydrogen-bond acceptors (Lipinski definition) is 27. The highest BCUT2D eigenvalue weighted by Crippen LogP contribution is 2.76. The van der Waals surface area contributed by atoms with Gasteiger partial charge in [0.2, 0.25) is 6.29 Å². The van der Waals surface area contributed by atoms with Gasteiger partial charge < -0.3 is 129 Å². The van der Waals surface area contributed by atoms with Crippen molar-refractivity contribution in [2.45, 2.75) is 266 Å². The van der Waals surface area contributed by atoms with Gasteiger partial charge in [0.25, 0.3) is 0 Å². The van der Waals surface area contributed by atoms with Crippen LogP contribution >= 0.6 is 0 Å². The highest BCUT2D eigenvalue weighted by molar-refractivity contribution is 5.79. The van der Waals surface area contributed by atoms with Crippen molar-refractivity contribution >= 4 is 5.97 Å². The summed E-state index contributed by atoms with van der Waals surface area (Å²) >= 11 is 0. The molecule has 27 nitrogen and oxygen atoms in total. The zero-order chi connectivity index (χ0) is 62.7. The maximum atomic E-state index is 15.1. The minimum absolute atomic E-state index is 0.0885. The Morgan fingerprint density at radius 1 is 0.558 bits per heavy atom. The van der Waals surface area contributed by atoms with Gasteiger partial charge in [-0.1, -0.05) is 53.2 Å². The molecule has 9 fully saturated rings. The maximum Gasteiger partial charge on any atom is 0.315 e. The second-order valence-corrected chi connectivity index (χ2v) is 28.5. The molecule has 16 N–H and O–H groups in total. The molecule has 0 bridgehead atoms. The number of ether oxygens (including phenoxy) is 10. The number of hydrogen-bond donors (Lipinski definition) is 16. The van der Waals surface area contributed by atoms with E-state index in [1.165, 1.54) is 12.5 Å². The predicted octanol–water partition coefficient (Wildman–Crippen LogP) is -3.57. The van der Waals surface area contributed by atoms with Crippen molar-refractivity contribution in [3.8, 4) is 0 Å². The summed E-state index contributed by atoms with van der Waals surface area (Å²) in [5, 5.41) is 172. The third-order valence-corrected chi connectivity index (χ3v) is 23.2. The molecule has 86 heavy (non-hydrogen) atoms. The molecule has 0 amide bonds. The lowest BCUT2D eigenvalue weighted by Gasteiger charge is -2.71. The van der Waals surface area contributed by atoms with Crippen molar-refractivity contribution in [1.29, 1.82) is 0 Å². The predicted molar refractivity (Wildman–Crippen MR) is 289 cm³/mol. The van der Waals surface area contributed by atoms with Crippen LogP contribution < -0.4 is 0 Å². The summed E-state index contributed by atoms with van der Waals surface area (Å²) in [5.41, 5.74) is -2.07. The molecule has 4 saturated carbocycles. The van der Waals surface area contributed by atoms with E-state index in [1.54, 1.807) is 0 Å². The molecule has 0 radical (unpaired) electrons. The molecule has 5 aliphatic heterocycles. The van der Waals surface area contributed by atoms with Gasteiger partial charge in [-0.2, -0.15) is 0 Å². The van der Waals surface area contributed by atoms with E-state index in [0.29, 0.717) is 57.8 Å². The molecule has 5 saturated heterocycles. The van der Waals surface area contributed by atoms with Gasteiger partial charge >= 0.3 is 5.97 Å². The van der Waals surface area contributed by atoms with Gasteiger partial charge in [0.1, 0.15) is 110 Å². The van der Waals surface area contributed by atoms with E-state index >= 15 is 4.79 Å². The molecule has 5 heterocycles. The first-order valence-electron chi connectivity index (χ1n) is 30.8. The number of carbonyl (C=O) groups is 1. The molecule has 10 aliphatic rings. The van der Waals surface area contributed by atoms with Crippen LogP contribution in [-0.4, -0.2) is 274 Å². The second kappa shape index (κ2) is 24.9. The summed E-state index contributed by atoms with van der Waals surface area (Å²) in [5.74, 6) is -0.929. The molecule has 33 atom stereocenters. The van der Waals surface area contributed by atoms with Crippen LogP contribution in [0.1, 0.15) is 113 Å². The Labute approximate surface area is 499 Å².